The van der Waals surface area contributed by atoms with E-state index in [2.05, 4.69) is 13.8 Å². The standard InChI is InChI=1S/C16H23F2N/c1-16(2)9-4-3-6-12(16)15(19)10-11-13(17)7-5-8-14(11)18/h5,7-8,12,15H,3-4,6,9-10,19H2,1-2H3. The van der Waals surface area contributed by atoms with Crippen LogP contribution in [-0.2, 0) is 6.42 Å². The van der Waals surface area contributed by atoms with Gasteiger partial charge in [-0.05, 0) is 42.7 Å². The number of hydrogen-bond acceptors (Lipinski definition) is 1. The molecule has 1 aromatic carbocycles. The quantitative estimate of drug-likeness (QED) is 0.878. The molecule has 3 heteroatoms. The Labute approximate surface area is 114 Å². The number of benzene rings is 1. The van der Waals surface area contributed by atoms with E-state index in [9.17, 15) is 8.78 Å². The first-order chi connectivity index (χ1) is 8.92. The third-order valence-corrected chi connectivity index (χ3v) is 4.61. The molecule has 106 valence electrons. The minimum Gasteiger partial charge on any atom is -0.327 e. The number of nitrogens with two attached hydrogens (primary N) is 1. The number of hydrogen-bond donors (Lipinski definition) is 1. The highest BCUT2D eigenvalue weighted by Gasteiger charge is 2.36. The summed E-state index contributed by atoms with van der Waals surface area (Å²) in [6.45, 7) is 4.43. The number of rotatable bonds is 3. The largest absolute Gasteiger partial charge is 0.327 e. The van der Waals surface area contributed by atoms with E-state index >= 15 is 0 Å². The topological polar surface area (TPSA) is 26.0 Å². The fourth-order valence-electron chi connectivity index (χ4n) is 3.42. The molecule has 1 nitrogen and oxygen atoms in total. The van der Waals surface area contributed by atoms with Crippen molar-refractivity contribution in [2.24, 2.45) is 17.1 Å². The Balaban J connectivity index is 2.14. The van der Waals surface area contributed by atoms with E-state index in [1.807, 2.05) is 0 Å². The van der Waals surface area contributed by atoms with Crippen LogP contribution in [0.5, 0.6) is 0 Å². The molecule has 2 N–H and O–H groups in total. The Morgan fingerprint density at radius 2 is 1.89 bits per heavy atom. The zero-order valence-electron chi connectivity index (χ0n) is 11.8. The Bertz CT molecular complexity index is 422. The van der Waals surface area contributed by atoms with Crippen molar-refractivity contribution in [1.29, 1.82) is 0 Å². The van der Waals surface area contributed by atoms with E-state index in [1.165, 1.54) is 31.0 Å². The van der Waals surface area contributed by atoms with Gasteiger partial charge in [0, 0.05) is 11.6 Å². The summed E-state index contributed by atoms with van der Waals surface area (Å²) in [4.78, 5) is 0. The van der Waals surface area contributed by atoms with E-state index in [0.717, 1.165) is 12.8 Å². The summed E-state index contributed by atoms with van der Waals surface area (Å²) in [5.41, 5.74) is 6.56. The molecular formula is C16H23F2N. The zero-order chi connectivity index (χ0) is 14.0. The van der Waals surface area contributed by atoms with Crippen molar-refractivity contribution < 1.29 is 8.78 Å². The zero-order valence-corrected chi connectivity index (χ0v) is 11.8. The van der Waals surface area contributed by atoms with Gasteiger partial charge in [0.1, 0.15) is 11.6 Å². The summed E-state index contributed by atoms with van der Waals surface area (Å²) in [7, 11) is 0. The predicted octanol–water partition coefficient (Wildman–Crippen LogP) is 4.05. The Morgan fingerprint density at radius 3 is 2.47 bits per heavy atom. The van der Waals surface area contributed by atoms with Crippen molar-refractivity contribution >= 4 is 0 Å². The van der Waals surface area contributed by atoms with Gasteiger partial charge in [-0.25, -0.2) is 8.78 Å². The lowest BCUT2D eigenvalue weighted by Crippen LogP contribution is -2.43. The van der Waals surface area contributed by atoms with Gasteiger partial charge in [0.15, 0.2) is 0 Å². The highest BCUT2D eigenvalue weighted by atomic mass is 19.1. The lowest BCUT2D eigenvalue weighted by atomic mass is 9.65. The summed E-state index contributed by atoms with van der Waals surface area (Å²) in [6.07, 6.45) is 4.88. The molecule has 0 spiro atoms. The van der Waals surface area contributed by atoms with Gasteiger partial charge < -0.3 is 5.73 Å². The fourth-order valence-corrected chi connectivity index (χ4v) is 3.42. The van der Waals surface area contributed by atoms with E-state index in [4.69, 9.17) is 5.73 Å². The van der Waals surface area contributed by atoms with E-state index in [1.54, 1.807) is 0 Å². The molecule has 1 aromatic rings. The molecule has 1 saturated carbocycles. The first-order valence-electron chi connectivity index (χ1n) is 7.10. The van der Waals surface area contributed by atoms with E-state index in [0.29, 0.717) is 5.92 Å². The molecule has 0 aliphatic heterocycles. The van der Waals surface area contributed by atoms with Crippen molar-refractivity contribution in [1.82, 2.24) is 0 Å². The second-order valence-corrected chi connectivity index (χ2v) is 6.41. The SMILES string of the molecule is CC1(C)CCCCC1C(N)Cc1c(F)cccc1F. The molecule has 1 aliphatic rings. The molecule has 0 radical (unpaired) electrons. The lowest BCUT2D eigenvalue weighted by Gasteiger charge is -2.42. The summed E-state index contributed by atoms with van der Waals surface area (Å²) >= 11 is 0. The normalized spacial score (nSPS) is 24.2. The first-order valence-corrected chi connectivity index (χ1v) is 7.10. The Kier molecular flexibility index (Phi) is 4.24. The lowest BCUT2D eigenvalue weighted by molar-refractivity contribution is 0.112. The summed E-state index contributed by atoms with van der Waals surface area (Å²) < 4.78 is 27.4. The third kappa shape index (κ3) is 3.14. The van der Waals surface area contributed by atoms with Gasteiger partial charge in [0.2, 0.25) is 0 Å². The van der Waals surface area contributed by atoms with Gasteiger partial charge >= 0.3 is 0 Å². The minimum absolute atomic E-state index is 0.136. The molecule has 1 aliphatic carbocycles. The highest BCUT2D eigenvalue weighted by Crippen LogP contribution is 2.42. The molecule has 0 aromatic heterocycles. The van der Waals surface area contributed by atoms with E-state index in [-0.39, 0.29) is 23.4 Å². The van der Waals surface area contributed by atoms with Gasteiger partial charge in [-0.1, -0.05) is 32.8 Å². The van der Waals surface area contributed by atoms with Crippen LogP contribution in [-0.4, -0.2) is 6.04 Å². The van der Waals surface area contributed by atoms with Crippen LogP contribution >= 0.6 is 0 Å². The van der Waals surface area contributed by atoms with Crippen LogP contribution in [0, 0.1) is 23.0 Å². The molecule has 19 heavy (non-hydrogen) atoms. The molecule has 0 saturated heterocycles. The van der Waals surface area contributed by atoms with Crippen LogP contribution in [0.15, 0.2) is 18.2 Å². The van der Waals surface area contributed by atoms with Crippen LogP contribution in [0.2, 0.25) is 0 Å². The summed E-state index contributed by atoms with van der Waals surface area (Å²) in [5.74, 6) is -0.631. The van der Waals surface area contributed by atoms with Crippen LogP contribution in [0.3, 0.4) is 0 Å². The van der Waals surface area contributed by atoms with Crippen LogP contribution < -0.4 is 5.73 Å². The van der Waals surface area contributed by atoms with E-state index < -0.39 is 11.6 Å². The molecule has 0 bridgehead atoms. The van der Waals surface area contributed by atoms with Crippen LogP contribution in [0.1, 0.15) is 45.1 Å². The second kappa shape index (κ2) is 5.58. The van der Waals surface area contributed by atoms with Gasteiger partial charge in [0.05, 0.1) is 0 Å². The molecule has 2 atom stereocenters. The average molecular weight is 267 g/mol. The van der Waals surface area contributed by atoms with Crippen LogP contribution in [0.25, 0.3) is 0 Å². The average Bonchev–Trinajstić information content (AvgIpc) is 2.33. The monoisotopic (exact) mass is 267 g/mol. The first kappa shape index (κ1) is 14.4. The van der Waals surface area contributed by atoms with Crippen LogP contribution in [0.4, 0.5) is 8.78 Å². The maximum atomic E-state index is 13.7. The summed E-state index contributed by atoms with van der Waals surface area (Å²) in [6, 6.07) is 3.82. The Morgan fingerprint density at radius 1 is 1.26 bits per heavy atom. The second-order valence-electron chi connectivity index (χ2n) is 6.41. The van der Waals surface area contributed by atoms with Crippen molar-refractivity contribution in [2.45, 2.75) is 52.0 Å². The third-order valence-electron chi connectivity index (χ3n) is 4.61. The van der Waals surface area contributed by atoms with Gasteiger partial charge in [-0.2, -0.15) is 0 Å². The molecule has 0 heterocycles. The van der Waals surface area contributed by atoms with Crippen molar-refractivity contribution in [3.8, 4) is 0 Å². The smallest absolute Gasteiger partial charge is 0.129 e. The molecule has 1 fully saturated rings. The molecular weight excluding hydrogens is 244 g/mol. The maximum Gasteiger partial charge on any atom is 0.129 e. The fraction of sp³-hybridized carbons (Fsp3) is 0.625. The van der Waals surface area contributed by atoms with Crippen molar-refractivity contribution in [3.05, 3.63) is 35.4 Å². The molecule has 2 rings (SSSR count). The minimum atomic E-state index is -0.482. The highest BCUT2D eigenvalue weighted by molar-refractivity contribution is 5.21. The molecule has 2 unspecified atom stereocenters. The van der Waals surface area contributed by atoms with Gasteiger partial charge in [0.25, 0.3) is 0 Å². The Hall–Kier alpha value is -0.960. The van der Waals surface area contributed by atoms with Crippen molar-refractivity contribution in [2.75, 3.05) is 0 Å². The molecule has 0 amide bonds. The maximum absolute atomic E-state index is 13.7. The van der Waals surface area contributed by atoms with Gasteiger partial charge in [-0.15, -0.1) is 0 Å². The van der Waals surface area contributed by atoms with Gasteiger partial charge in [-0.3, -0.25) is 0 Å². The number of halogens is 2. The van der Waals surface area contributed by atoms with Crippen molar-refractivity contribution in [3.63, 3.8) is 0 Å². The predicted molar refractivity (Wildman–Crippen MR) is 73.8 cm³/mol. The summed E-state index contributed by atoms with van der Waals surface area (Å²) in [5, 5.41) is 0.